The van der Waals surface area contributed by atoms with Crippen LogP contribution in [0.15, 0.2) is 24.3 Å². The molecule has 1 aromatic carbocycles. The first-order valence-electron chi connectivity index (χ1n) is 6.60. The van der Waals surface area contributed by atoms with Crippen molar-refractivity contribution in [3.63, 3.8) is 0 Å². The smallest absolute Gasteiger partial charge is 0.253 e. The van der Waals surface area contributed by atoms with Crippen molar-refractivity contribution in [3.8, 4) is 0 Å². The summed E-state index contributed by atoms with van der Waals surface area (Å²) < 4.78 is 0. The van der Waals surface area contributed by atoms with Gasteiger partial charge in [0.15, 0.2) is 0 Å². The van der Waals surface area contributed by atoms with E-state index < -0.39 is 0 Å². The van der Waals surface area contributed by atoms with Crippen LogP contribution >= 0.6 is 0 Å². The van der Waals surface area contributed by atoms with E-state index in [2.05, 4.69) is 5.32 Å². The SMILES string of the molecule is CC(CO)C(C)NC(=O)c1ccc(C(=O)N(C)C)cc1. The van der Waals surface area contributed by atoms with Gasteiger partial charge in [-0.25, -0.2) is 0 Å². The zero-order chi connectivity index (χ0) is 15.3. The molecule has 110 valence electrons. The molecule has 2 unspecified atom stereocenters. The molecule has 0 bridgehead atoms. The zero-order valence-corrected chi connectivity index (χ0v) is 12.4. The molecule has 20 heavy (non-hydrogen) atoms. The van der Waals surface area contributed by atoms with E-state index in [1.54, 1.807) is 38.4 Å². The highest BCUT2D eigenvalue weighted by molar-refractivity contribution is 5.97. The number of nitrogens with one attached hydrogen (secondary N) is 1. The second-order valence-corrected chi connectivity index (χ2v) is 5.20. The number of hydrogen-bond donors (Lipinski definition) is 2. The average molecular weight is 278 g/mol. The molecule has 0 saturated carbocycles. The molecule has 0 aliphatic rings. The zero-order valence-electron chi connectivity index (χ0n) is 12.4. The van der Waals surface area contributed by atoms with Crippen LogP contribution in [0.2, 0.25) is 0 Å². The van der Waals surface area contributed by atoms with E-state index in [0.717, 1.165) is 0 Å². The fourth-order valence-corrected chi connectivity index (χ4v) is 1.61. The van der Waals surface area contributed by atoms with Crippen LogP contribution in [0.25, 0.3) is 0 Å². The topological polar surface area (TPSA) is 69.6 Å². The maximum atomic E-state index is 12.0. The Balaban J connectivity index is 2.73. The van der Waals surface area contributed by atoms with Crippen LogP contribution in [0.4, 0.5) is 0 Å². The van der Waals surface area contributed by atoms with Gasteiger partial charge in [0.05, 0.1) is 0 Å². The molecule has 0 aliphatic heterocycles. The van der Waals surface area contributed by atoms with Crippen molar-refractivity contribution < 1.29 is 14.7 Å². The Labute approximate surface area is 119 Å². The van der Waals surface area contributed by atoms with Gasteiger partial charge >= 0.3 is 0 Å². The van der Waals surface area contributed by atoms with Crippen molar-refractivity contribution in [2.45, 2.75) is 19.9 Å². The molecule has 0 radical (unpaired) electrons. The minimum Gasteiger partial charge on any atom is -0.396 e. The van der Waals surface area contributed by atoms with Crippen molar-refractivity contribution in [3.05, 3.63) is 35.4 Å². The lowest BCUT2D eigenvalue weighted by atomic mass is 10.0. The molecular weight excluding hydrogens is 256 g/mol. The molecule has 5 nitrogen and oxygen atoms in total. The van der Waals surface area contributed by atoms with Crippen LogP contribution < -0.4 is 5.32 Å². The first-order valence-corrected chi connectivity index (χ1v) is 6.60. The average Bonchev–Trinajstić information content (AvgIpc) is 2.45. The number of rotatable bonds is 5. The minimum atomic E-state index is -0.207. The molecule has 0 aliphatic carbocycles. The van der Waals surface area contributed by atoms with Crippen molar-refractivity contribution >= 4 is 11.8 Å². The number of amides is 2. The number of carbonyl (C=O) groups excluding carboxylic acids is 2. The Hall–Kier alpha value is -1.88. The van der Waals surface area contributed by atoms with Gasteiger partial charge in [-0.05, 0) is 37.1 Å². The summed E-state index contributed by atoms with van der Waals surface area (Å²) in [6, 6.07) is 6.41. The van der Waals surface area contributed by atoms with E-state index in [1.165, 1.54) is 4.90 Å². The van der Waals surface area contributed by atoms with Crippen LogP contribution in [-0.2, 0) is 0 Å². The Bertz CT molecular complexity index is 469. The minimum absolute atomic E-state index is 0.00598. The molecule has 0 spiro atoms. The highest BCUT2D eigenvalue weighted by Crippen LogP contribution is 2.08. The molecule has 0 aromatic heterocycles. The summed E-state index contributed by atoms with van der Waals surface area (Å²) in [7, 11) is 3.36. The van der Waals surface area contributed by atoms with Crippen LogP contribution in [0.3, 0.4) is 0 Å². The van der Waals surface area contributed by atoms with Crippen LogP contribution in [0, 0.1) is 5.92 Å². The van der Waals surface area contributed by atoms with E-state index >= 15 is 0 Å². The standard InChI is InChI=1S/C15H22N2O3/c1-10(9-18)11(2)16-14(19)12-5-7-13(8-6-12)15(20)17(3)4/h5-8,10-11,18H,9H2,1-4H3,(H,16,19). The second kappa shape index (κ2) is 7.05. The molecule has 0 fully saturated rings. The summed E-state index contributed by atoms with van der Waals surface area (Å²) in [5, 5.41) is 11.9. The van der Waals surface area contributed by atoms with Gasteiger partial charge in [-0.1, -0.05) is 6.92 Å². The third-order valence-corrected chi connectivity index (χ3v) is 3.30. The fraction of sp³-hybridized carbons (Fsp3) is 0.467. The maximum Gasteiger partial charge on any atom is 0.253 e. The molecule has 5 heteroatoms. The Morgan fingerprint density at radius 1 is 1.15 bits per heavy atom. The lowest BCUT2D eigenvalue weighted by Crippen LogP contribution is -2.38. The summed E-state index contributed by atoms with van der Waals surface area (Å²) >= 11 is 0. The quantitative estimate of drug-likeness (QED) is 0.848. The first-order chi connectivity index (χ1) is 9.36. The molecule has 1 aromatic rings. The maximum absolute atomic E-state index is 12.0. The van der Waals surface area contributed by atoms with Crippen LogP contribution in [0.5, 0.6) is 0 Å². The van der Waals surface area contributed by atoms with Gasteiger partial charge in [-0.3, -0.25) is 9.59 Å². The predicted molar refractivity (Wildman–Crippen MR) is 77.6 cm³/mol. The second-order valence-electron chi connectivity index (χ2n) is 5.20. The molecule has 2 amide bonds. The van der Waals surface area contributed by atoms with Gasteiger partial charge in [-0.2, -0.15) is 0 Å². The van der Waals surface area contributed by atoms with Gasteiger partial charge in [0.2, 0.25) is 0 Å². The lowest BCUT2D eigenvalue weighted by molar-refractivity contribution is 0.0826. The number of aliphatic hydroxyl groups excluding tert-OH is 1. The molecule has 0 saturated heterocycles. The van der Waals surface area contributed by atoms with Gasteiger partial charge in [-0.15, -0.1) is 0 Å². The lowest BCUT2D eigenvalue weighted by Gasteiger charge is -2.19. The van der Waals surface area contributed by atoms with E-state index in [1.807, 2.05) is 13.8 Å². The summed E-state index contributed by atoms with van der Waals surface area (Å²) in [5.74, 6) is -0.311. The molecular formula is C15H22N2O3. The predicted octanol–water partition coefficient (Wildman–Crippen LogP) is 1.14. The normalized spacial score (nSPS) is 13.4. The molecule has 2 atom stereocenters. The third kappa shape index (κ3) is 4.06. The monoisotopic (exact) mass is 278 g/mol. The van der Waals surface area contributed by atoms with E-state index in [4.69, 9.17) is 5.11 Å². The van der Waals surface area contributed by atoms with Crippen LogP contribution in [-0.4, -0.2) is 48.6 Å². The van der Waals surface area contributed by atoms with Gasteiger partial charge < -0.3 is 15.3 Å². The molecule has 2 N–H and O–H groups in total. The summed E-state index contributed by atoms with van der Waals surface area (Å²) in [4.78, 5) is 25.2. The number of carbonyl (C=O) groups is 2. The number of hydrogen-bond acceptors (Lipinski definition) is 3. The number of aliphatic hydroxyl groups is 1. The highest BCUT2D eigenvalue weighted by Gasteiger charge is 2.15. The fourth-order valence-electron chi connectivity index (χ4n) is 1.61. The Morgan fingerprint density at radius 2 is 1.65 bits per heavy atom. The van der Waals surface area contributed by atoms with Crippen molar-refractivity contribution in [2.75, 3.05) is 20.7 Å². The summed E-state index contributed by atoms with van der Waals surface area (Å²) in [6.07, 6.45) is 0. The molecule has 1 rings (SSSR count). The van der Waals surface area contributed by atoms with E-state index in [-0.39, 0.29) is 30.4 Å². The largest absolute Gasteiger partial charge is 0.396 e. The summed E-state index contributed by atoms with van der Waals surface area (Å²) in [5.41, 5.74) is 1.04. The number of nitrogens with zero attached hydrogens (tertiary/aromatic N) is 1. The number of benzene rings is 1. The van der Waals surface area contributed by atoms with Gasteiger partial charge in [0, 0.05) is 37.9 Å². The van der Waals surface area contributed by atoms with Crippen LogP contribution in [0.1, 0.15) is 34.6 Å². The van der Waals surface area contributed by atoms with Gasteiger partial charge in [0.25, 0.3) is 11.8 Å². The summed E-state index contributed by atoms with van der Waals surface area (Å²) in [6.45, 7) is 3.74. The van der Waals surface area contributed by atoms with Gasteiger partial charge in [0.1, 0.15) is 0 Å². The van der Waals surface area contributed by atoms with Crippen molar-refractivity contribution in [2.24, 2.45) is 5.92 Å². The van der Waals surface area contributed by atoms with Crippen molar-refractivity contribution in [1.29, 1.82) is 0 Å². The third-order valence-electron chi connectivity index (χ3n) is 3.30. The van der Waals surface area contributed by atoms with Crippen molar-refractivity contribution in [1.82, 2.24) is 10.2 Å². The van der Waals surface area contributed by atoms with E-state index in [0.29, 0.717) is 11.1 Å². The Morgan fingerprint density at radius 3 is 2.10 bits per heavy atom. The first kappa shape index (κ1) is 16.2. The molecule has 0 heterocycles. The Kier molecular flexibility index (Phi) is 5.70. The van der Waals surface area contributed by atoms with E-state index in [9.17, 15) is 9.59 Å². The highest BCUT2D eigenvalue weighted by atomic mass is 16.3.